The van der Waals surface area contributed by atoms with Gasteiger partial charge < -0.3 is 5.11 Å². The number of hydrogen-bond donors (Lipinski definition) is 1. The van der Waals surface area contributed by atoms with E-state index < -0.39 is 0 Å². The molecule has 0 radical (unpaired) electrons. The number of likely N-dealkylation sites (N-methyl/N-ethyl adjacent to an activating group) is 1. The fourth-order valence-corrected chi connectivity index (χ4v) is 2.38. The third kappa shape index (κ3) is 3.40. The summed E-state index contributed by atoms with van der Waals surface area (Å²) in [5, 5.41) is 13.2. The number of aliphatic hydroxyl groups excluding tert-OH is 1. The topological polar surface area (TPSA) is 23.5 Å². The van der Waals surface area contributed by atoms with Crippen molar-refractivity contribution in [3.8, 4) is 0 Å². The van der Waals surface area contributed by atoms with Gasteiger partial charge in [0, 0.05) is 12.6 Å². The van der Waals surface area contributed by atoms with Gasteiger partial charge in [-0.1, -0.05) is 6.92 Å². The third-order valence-electron chi connectivity index (χ3n) is 2.53. The number of aliphatic hydroxyl groups is 1. The summed E-state index contributed by atoms with van der Waals surface area (Å²) in [5.74, 6) is 0. The zero-order chi connectivity index (χ0) is 10.4. The van der Waals surface area contributed by atoms with Crippen LogP contribution >= 0.6 is 11.3 Å². The Morgan fingerprint density at radius 1 is 1.57 bits per heavy atom. The first-order valence-corrected chi connectivity index (χ1v) is 6.08. The maximum Gasteiger partial charge on any atom is 0.0558 e. The molecule has 14 heavy (non-hydrogen) atoms. The van der Waals surface area contributed by atoms with Crippen molar-refractivity contribution in [2.75, 3.05) is 19.7 Å². The molecule has 0 aliphatic heterocycles. The van der Waals surface area contributed by atoms with Gasteiger partial charge in [-0.05, 0) is 42.3 Å². The molecule has 1 atom stereocenters. The Morgan fingerprint density at radius 3 is 2.86 bits per heavy atom. The second-order valence-electron chi connectivity index (χ2n) is 3.54. The monoisotopic (exact) mass is 213 g/mol. The maximum absolute atomic E-state index is 8.90. The van der Waals surface area contributed by atoms with Crippen molar-refractivity contribution in [3.63, 3.8) is 0 Å². The number of thiophene rings is 1. The van der Waals surface area contributed by atoms with Crippen molar-refractivity contribution in [2.24, 2.45) is 0 Å². The Morgan fingerprint density at radius 2 is 2.36 bits per heavy atom. The zero-order valence-corrected chi connectivity index (χ0v) is 9.76. The van der Waals surface area contributed by atoms with E-state index >= 15 is 0 Å². The molecule has 0 aliphatic rings. The minimum atomic E-state index is 0.252. The van der Waals surface area contributed by atoms with Crippen LogP contribution in [0.15, 0.2) is 16.8 Å². The molecule has 0 saturated carbocycles. The molecule has 1 aromatic rings. The minimum Gasteiger partial charge on any atom is -0.395 e. The summed E-state index contributed by atoms with van der Waals surface area (Å²) in [6.07, 6.45) is 1.08. The molecular formula is C11H19NOS. The van der Waals surface area contributed by atoms with Crippen molar-refractivity contribution in [1.82, 2.24) is 4.90 Å². The Hall–Kier alpha value is -0.380. The van der Waals surface area contributed by atoms with Gasteiger partial charge in [0.15, 0.2) is 0 Å². The van der Waals surface area contributed by atoms with E-state index in [2.05, 4.69) is 35.6 Å². The molecule has 0 fully saturated rings. The summed E-state index contributed by atoms with van der Waals surface area (Å²) in [7, 11) is 0. The van der Waals surface area contributed by atoms with E-state index in [9.17, 15) is 0 Å². The number of hydrogen-bond acceptors (Lipinski definition) is 3. The summed E-state index contributed by atoms with van der Waals surface area (Å²) in [6, 6.07) is 2.69. The normalized spacial score (nSPS) is 13.4. The van der Waals surface area contributed by atoms with Gasteiger partial charge in [-0.2, -0.15) is 11.3 Å². The molecular weight excluding hydrogens is 194 g/mol. The van der Waals surface area contributed by atoms with E-state index in [1.54, 1.807) is 11.3 Å². The fraction of sp³-hybridized carbons (Fsp3) is 0.636. The second kappa shape index (κ2) is 6.17. The molecule has 1 rings (SSSR count). The maximum atomic E-state index is 8.90. The van der Waals surface area contributed by atoms with Gasteiger partial charge in [0.05, 0.1) is 6.61 Å². The standard InChI is InChI=1S/C11H19NOS/c1-3-12(5-6-13)10(2)8-11-4-7-14-9-11/h4,7,9-10,13H,3,5-6,8H2,1-2H3. The predicted molar refractivity (Wildman–Crippen MR) is 61.8 cm³/mol. The molecule has 0 amide bonds. The van der Waals surface area contributed by atoms with Crippen molar-refractivity contribution in [3.05, 3.63) is 22.4 Å². The van der Waals surface area contributed by atoms with Crippen molar-refractivity contribution in [1.29, 1.82) is 0 Å². The van der Waals surface area contributed by atoms with Crippen LogP contribution in [0.25, 0.3) is 0 Å². The van der Waals surface area contributed by atoms with Crippen LogP contribution in [0.3, 0.4) is 0 Å². The largest absolute Gasteiger partial charge is 0.395 e. The third-order valence-corrected chi connectivity index (χ3v) is 3.26. The number of nitrogens with zero attached hydrogens (tertiary/aromatic N) is 1. The lowest BCUT2D eigenvalue weighted by molar-refractivity contribution is 0.164. The Labute approximate surface area is 90.2 Å². The van der Waals surface area contributed by atoms with Crippen molar-refractivity contribution in [2.45, 2.75) is 26.3 Å². The van der Waals surface area contributed by atoms with Crippen molar-refractivity contribution < 1.29 is 5.11 Å². The average Bonchev–Trinajstić information content (AvgIpc) is 2.66. The van der Waals surface area contributed by atoms with E-state index in [-0.39, 0.29) is 6.61 Å². The Kier molecular flexibility index (Phi) is 5.15. The minimum absolute atomic E-state index is 0.252. The van der Waals surface area contributed by atoms with Crippen LogP contribution in [0.5, 0.6) is 0 Å². The Bertz CT molecular complexity index is 235. The molecule has 0 spiro atoms. The highest BCUT2D eigenvalue weighted by Crippen LogP contribution is 2.11. The summed E-state index contributed by atoms with van der Waals surface area (Å²) < 4.78 is 0. The molecule has 0 bridgehead atoms. The summed E-state index contributed by atoms with van der Waals surface area (Å²) in [6.45, 7) is 6.39. The molecule has 1 heterocycles. The summed E-state index contributed by atoms with van der Waals surface area (Å²) in [4.78, 5) is 2.30. The van der Waals surface area contributed by atoms with Crippen molar-refractivity contribution >= 4 is 11.3 Å². The molecule has 0 aromatic carbocycles. The lowest BCUT2D eigenvalue weighted by Crippen LogP contribution is -2.36. The first-order chi connectivity index (χ1) is 6.77. The van der Waals surface area contributed by atoms with Gasteiger partial charge in [-0.3, -0.25) is 4.90 Å². The van der Waals surface area contributed by atoms with E-state index in [0.717, 1.165) is 19.5 Å². The smallest absolute Gasteiger partial charge is 0.0558 e. The first kappa shape index (κ1) is 11.7. The first-order valence-electron chi connectivity index (χ1n) is 5.14. The lowest BCUT2D eigenvalue weighted by atomic mass is 10.1. The highest BCUT2D eigenvalue weighted by molar-refractivity contribution is 7.07. The lowest BCUT2D eigenvalue weighted by Gasteiger charge is -2.26. The van der Waals surface area contributed by atoms with E-state index in [4.69, 9.17) is 5.11 Å². The molecule has 1 aromatic heterocycles. The highest BCUT2D eigenvalue weighted by Gasteiger charge is 2.11. The van der Waals surface area contributed by atoms with Crippen LogP contribution in [-0.4, -0.2) is 35.7 Å². The van der Waals surface area contributed by atoms with Crippen LogP contribution in [-0.2, 0) is 6.42 Å². The predicted octanol–water partition coefficient (Wildman–Crippen LogP) is 1.99. The van der Waals surface area contributed by atoms with E-state index in [0.29, 0.717) is 6.04 Å². The van der Waals surface area contributed by atoms with E-state index in [1.807, 2.05) is 0 Å². The molecule has 0 saturated heterocycles. The zero-order valence-electron chi connectivity index (χ0n) is 8.94. The van der Waals surface area contributed by atoms with Gasteiger partial charge in [0.1, 0.15) is 0 Å². The molecule has 1 N–H and O–H groups in total. The Balaban J connectivity index is 2.43. The SMILES string of the molecule is CCN(CCO)C(C)Cc1ccsc1. The van der Waals surface area contributed by atoms with Crippen LogP contribution < -0.4 is 0 Å². The molecule has 1 unspecified atom stereocenters. The van der Waals surface area contributed by atoms with Gasteiger partial charge in [-0.25, -0.2) is 0 Å². The summed E-state index contributed by atoms with van der Waals surface area (Å²) >= 11 is 1.75. The molecule has 0 aliphatic carbocycles. The molecule has 80 valence electrons. The summed E-state index contributed by atoms with van der Waals surface area (Å²) in [5.41, 5.74) is 1.40. The molecule has 2 nitrogen and oxygen atoms in total. The van der Waals surface area contributed by atoms with E-state index in [1.165, 1.54) is 5.56 Å². The van der Waals surface area contributed by atoms with Crippen LogP contribution in [0.2, 0.25) is 0 Å². The number of rotatable bonds is 6. The second-order valence-corrected chi connectivity index (χ2v) is 4.32. The van der Waals surface area contributed by atoms with Crippen LogP contribution in [0, 0.1) is 0 Å². The average molecular weight is 213 g/mol. The van der Waals surface area contributed by atoms with Gasteiger partial charge in [0.2, 0.25) is 0 Å². The van der Waals surface area contributed by atoms with Crippen LogP contribution in [0.4, 0.5) is 0 Å². The fourth-order valence-electron chi connectivity index (χ4n) is 1.70. The van der Waals surface area contributed by atoms with Crippen LogP contribution in [0.1, 0.15) is 19.4 Å². The highest BCUT2D eigenvalue weighted by atomic mass is 32.1. The van der Waals surface area contributed by atoms with Gasteiger partial charge >= 0.3 is 0 Å². The molecule has 3 heteroatoms. The quantitative estimate of drug-likeness (QED) is 0.781. The van der Waals surface area contributed by atoms with Gasteiger partial charge in [-0.15, -0.1) is 0 Å². The van der Waals surface area contributed by atoms with Gasteiger partial charge in [0.25, 0.3) is 0 Å².